The first-order chi connectivity index (χ1) is 28.7. The van der Waals surface area contributed by atoms with E-state index in [2.05, 4.69) is 126 Å². The van der Waals surface area contributed by atoms with Crippen LogP contribution in [0.5, 0.6) is 0 Å². The summed E-state index contributed by atoms with van der Waals surface area (Å²) in [4.78, 5) is 15.2. The summed E-state index contributed by atoms with van der Waals surface area (Å²) in [7, 11) is 0. The predicted molar refractivity (Wildman–Crippen MR) is 238 cm³/mol. The van der Waals surface area contributed by atoms with Crippen molar-refractivity contribution >= 4 is 65.3 Å². The monoisotopic (exact) mass is 740 g/mol. The number of benzene rings is 9. The highest BCUT2D eigenvalue weighted by Gasteiger charge is 2.23. The fourth-order valence-electron chi connectivity index (χ4n) is 8.75. The van der Waals surface area contributed by atoms with Gasteiger partial charge in [0.15, 0.2) is 17.5 Å². The maximum atomic E-state index is 6.31. The zero-order valence-electron chi connectivity index (χ0n) is 31.2. The first kappa shape index (κ1) is 32.4. The summed E-state index contributed by atoms with van der Waals surface area (Å²) in [6.45, 7) is 0. The summed E-state index contributed by atoms with van der Waals surface area (Å²) in [5, 5.41) is 9.34. The van der Waals surface area contributed by atoms with E-state index in [1.807, 2.05) is 72.8 Å². The van der Waals surface area contributed by atoms with Crippen LogP contribution >= 0.6 is 0 Å². The van der Waals surface area contributed by atoms with Gasteiger partial charge in [-0.05, 0) is 58.1 Å². The first-order valence-electron chi connectivity index (χ1n) is 19.5. The molecule has 0 aliphatic heterocycles. The number of aromatic nitrogens is 4. The molecule has 0 bridgehead atoms. The van der Waals surface area contributed by atoms with E-state index in [0.29, 0.717) is 17.5 Å². The van der Waals surface area contributed by atoms with Gasteiger partial charge in [-0.1, -0.05) is 158 Å². The van der Waals surface area contributed by atoms with E-state index in [0.717, 1.165) is 60.9 Å². The first-order valence-corrected chi connectivity index (χ1v) is 19.5. The van der Waals surface area contributed by atoms with Crippen LogP contribution in [0.3, 0.4) is 0 Å². The minimum absolute atomic E-state index is 0.614. The number of para-hydroxylation sites is 1. The Morgan fingerprint density at radius 2 is 0.931 bits per heavy atom. The minimum atomic E-state index is 0.614. The van der Waals surface area contributed by atoms with E-state index in [1.165, 1.54) is 37.9 Å². The topological polar surface area (TPSA) is 56.7 Å². The van der Waals surface area contributed by atoms with Crippen molar-refractivity contribution in [1.29, 1.82) is 0 Å². The molecule has 0 aliphatic rings. The second kappa shape index (κ2) is 12.8. The Hall–Kier alpha value is -7.89. The molecule has 0 aliphatic carbocycles. The second-order valence-electron chi connectivity index (χ2n) is 14.8. The largest absolute Gasteiger partial charge is 0.456 e. The Kier molecular flexibility index (Phi) is 7.16. The maximum Gasteiger partial charge on any atom is 0.164 e. The molecule has 9 aromatic carbocycles. The lowest BCUT2D eigenvalue weighted by Crippen LogP contribution is -2.01. The van der Waals surface area contributed by atoms with Crippen molar-refractivity contribution in [1.82, 2.24) is 19.5 Å². The number of nitrogens with zero attached hydrogens (tertiary/aromatic N) is 4. The highest BCUT2D eigenvalue weighted by molar-refractivity contribution is 6.25. The van der Waals surface area contributed by atoms with E-state index in [9.17, 15) is 0 Å². The molecule has 0 amide bonds. The van der Waals surface area contributed by atoms with Gasteiger partial charge in [-0.2, -0.15) is 0 Å². The van der Waals surface area contributed by atoms with Crippen LogP contribution in [0.1, 0.15) is 0 Å². The molecule has 0 unspecified atom stereocenters. The van der Waals surface area contributed by atoms with Gasteiger partial charge in [-0.15, -0.1) is 0 Å². The van der Waals surface area contributed by atoms with Crippen molar-refractivity contribution in [2.45, 2.75) is 0 Å². The molecule has 0 atom stereocenters. The molecule has 270 valence electrons. The van der Waals surface area contributed by atoms with Crippen molar-refractivity contribution in [3.63, 3.8) is 0 Å². The van der Waals surface area contributed by atoms with Crippen molar-refractivity contribution in [2.24, 2.45) is 0 Å². The van der Waals surface area contributed by atoms with E-state index < -0.39 is 0 Å². The van der Waals surface area contributed by atoms with Gasteiger partial charge < -0.3 is 8.98 Å². The molecular formula is C53H32N4O. The summed E-state index contributed by atoms with van der Waals surface area (Å²) in [5.41, 5.74) is 10.1. The van der Waals surface area contributed by atoms with E-state index >= 15 is 0 Å². The molecule has 0 fully saturated rings. The van der Waals surface area contributed by atoms with Gasteiger partial charge in [-0.25, -0.2) is 15.0 Å². The molecule has 0 spiro atoms. The highest BCUT2D eigenvalue weighted by Crippen LogP contribution is 2.46. The SMILES string of the molecule is c1ccc(-c2nc(-c3ccccc3)nc(-c3cccc(-n4c5c(-c6ccc7oc8ccccc8c7c6)c6ccccc6cc5c5ccc6ccccc6c54)c3)n2)cc1. The predicted octanol–water partition coefficient (Wildman–Crippen LogP) is 13.8. The summed E-state index contributed by atoms with van der Waals surface area (Å²) in [6, 6.07) is 68.2. The number of fused-ring (bicyclic) bond motifs is 9. The zero-order valence-corrected chi connectivity index (χ0v) is 31.2. The molecule has 58 heavy (non-hydrogen) atoms. The second-order valence-corrected chi connectivity index (χ2v) is 14.8. The normalized spacial score (nSPS) is 11.8. The molecule has 0 N–H and O–H groups in total. The lowest BCUT2D eigenvalue weighted by Gasteiger charge is -2.16. The van der Waals surface area contributed by atoms with Gasteiger partial charge in [-0.3, -0.25) is 0 Å². The maximum absolute atomic E-state index is 6.31. The van der Waals surface area contributed by atoms with Crippen molar-refractivity contribution in [3.05, 3.63) is 194 Å². The molecule has 12 aromatic rings. The number of rotatable bonds is 5. The Morgan fingerprint density at radius 1 is 0.328 bits per heavy atom. The minimum Gasteiger partial charge on any atom is -0.456 e. The van der Waals surface area contributed by atoms with Crippen LogP contribution in [0, 0.1) is 0 Å². The Balaban J connectivity index is 1.18. The van der Waals surface area contributed by atoms with Crippen LogP contribution in [-0.2, 0) is 0 Å². The number of furan rings is 1. The highest BCUT2D eigenvalue weighted by atomic mass is 16.3. The average molecular weight is 741 g/mol. The van der Waals surface area contributed by atoms with Gasteiger partial charge in [0.1, 0.15) is 11.2 Å². The van der Waals surface area contributed by atoms with E-state index in [4.69, 9.17) is 19.4 Å². The summed E-state index contributed by atoms with van der Waals surface area (Å²) in [6.07, 6.45) is 0. The standard InChI is InChI=1S/C53H32N4O/c1-3-15-34(16-4-1)51-54-52(35-17-5-2-6-18-35)56-53(55-51)38-20-13-21-39(30-38)57-49-41-23-10-7-14-33(41)26-28-43(49)45-31-36-19-8-9-22-40(36)48(50(45)57)37-27-29-47-44(32-37)42-24-11-12-25-46(42)58-47/h1-32H. The van der Waals surface area contributed by atoms with Gasteiger partial charge in [0.25, 0.3) is 0 Å². The molecular weight excluding hydrogens is 709 g/mol. The number of hydrogen-bond donors (Lipinski definition) is 0. The average Bonchev–Trinajstić information content (AvgIpc) is 3.84. The van der Waals surface area contributed by atoms with Crippen molar-refractivity contribution in [2.75, 3.05) is 0 Å². The van der Waals surface area contributed by atoms with Crippen LogP contribution in [0.2, 0.25) is 0 Å². The fourth-order valence-corrected chi connectivity index (χ4v) is 8.75. The summed E-state index contributed by atoms with van der Waals surface area (Å²) >= 11 is 0. The van der Waals surface area contributed by atoms with Gasteiger partial charge >= 0.3 is 0 Å². The van der Waals surface area contributed by atoms with Gasteiger partial charge in [0.05, 0.1) is 11.0 Å². The van der Waals surface area contributed by atoms with Crippen molar-refractivity contribution < 1.29 is 4.42 Å². The molecule has 0 radical (unpaired) electrons. The summed E-state index contributed by atoms with van der Waals surface area (Å²) in [5.74, 6) is 1.88. The molecule has 0 saturated carbocycles. The lowest BCUT2D eigenvalue weighted by atomic mass is 9.93. The Labute approximate surface area is 333 Å². The van der Waals surface area contributed by atoms with Crippen LogP contribution in [0.4, 0.5) is 0 Å². The van der Waals surface area contributed by atoms with Crippen LogP contribution in [-0.4, -0.2) is 19.5 Å². The third kappa shape index (κ3) is 5.07. The molecule has 5 nitrogen and oxygen atoms in total. The van der Waals surface area contributed by atoms with Crippen LogP contribution in [0.25, 0.3) is 116 Å². The third-order valence-corrected chi connectivity index (χ3v) is 11.4. The fraction of sp³-hybridized carbons (Fsp3) is 0. The molecule has 12 rings (SSSR count). The Morgan fingerprint density at radius 3 is 1.69 bits per heavy atom. The molecule has 5 heteroatoms. The van der Waals surface area contributed by atoms with Crippen LogP contribution < -0.4 is 0 Å². The molecule has 3 heterocycles. The van der Waals surface area contributed by atoms with Gasteiger partial charge in [0.2, 0.25) is 0 Å². The zero-order chi connectivity index (χ0) is 38.2. The van der Waals surface area contributed by atoms with Crippen molar-refractivity contribution in [3.8, 4) is 51.0 Å². The van der Waals surface area contributed by atoms with E-state index in [-0.39, 0.29) is 0 Å². The van der Waals surface area contributed by atoms with E-state index in [1.54, 1.807) is 0 Å². The third-order valence-electron chi connectivity index (χ3n) is 11.4. The summed E-state index contributed by atoms with van der Waals surface area (Å²) < 4.78 is 8.78. The smallest absolute Gasteiger partial charge is 0.164 e. The molecule has 0 saturated heterocycles. The van der Waals surface area contributed by atoms with Gasteiger partial charge in [0, 0.05) is 54.9 Å². The quantitative estimate of drug-likeness (QED) is 0.176. The number of hydrogen-bond acceptors (Lipinski definition) is 4. The Bertz CT molecular complexity index is 3510. The lowest BCUT2D eigenvalue weighted by molar-refractivity contribution is 0.669. The molecule has 3 aromatic heterocycles. The van der Waals surface area contributed by atoms with Crippen LogP contribution in [0.15, 0.2) is 199 Å².